The summed E-state index contributed by atoms with van der Waals surface area (Å²) in [7, 11) is 0. The molecular formula is C35H37NO6S. The van der Waals surface area contributed by atoms with E-state index in [1.54, 1.807) is 0 Å². The minimum absolute atomic E-state index is 0.0249. The summed E-state index contributed by atoms with van der Waals surface area (Å²) < 4.78 is 18.6. The highest BCUT2D eigenvalue weighted by Crippen LogP contribution is 2.41. The monoisotopic (exact) mass is 599 g/mol. The highest BCUT2D eigenvalue weighted by atomic mass is 32.2. The predicted octanol–water partition coefficient (Wildman–Crippen LogP) is 5.49. The lowest BCUT2D eigenvalue weighted by Gasteiger charge is -2.44. The molecule has 0 aromatic heterocycles. The average molecular weight is 600 g/mol. The highest BCUT2D eigenvalue weighted by molar-refractivity contribution is 7.99. The van der Waals surface area contributed by atoms with Crippen LogP contribution in [-0.2, 0) is 26.4 Å². The van der Waals surface area contributed by atoms with E-state index in [-0.39, 0.29) is 13.2 Å². The molecule has 5 atom stereocenters. The van der Waals surface area contributed by atoms with Gasteiger partial charge in [0.1, 0.15) is 36.0 Å². The smallest absolute Gasteiger partial charge is 0.407 e. The zero-order chi connectivity index (χ0) is 30.1. The number of benzene rings is 4. The fourth-order valence-corrected chi connectivity index (χ4v) is 6.39. The van der Waals surface area contributed by atoms with Gasteiger partial charge in [-0.25, -0.2) is 4.79 Å². The molecule has 1 aliphatic rings. The van der Waals surface area contributed by atoms with E-state index in [4.69, 9.17) is 14.2 Å². The minimum atomic E-state index is -1.33. The lowest BCUT2D eigenvalue weighted by Crippen LogP contribution is -2.63. The van der Waals surface area contributed by atoms with E-state index in [9.17, 15) is 15.0 Å². The minimum Gasteiger partial charge on any atom is -0.445 e. The van der Waals surface area contributed by atoms with Crippen molar-refractivity contribution in [3.05, 3.63) is 144 Å². The fraction of sp³-hybridized carbons (Fsp3) is 0.286. The molecule has 8 heteroatoms. The zero-order valence-corrected chi connectivity index (χ0v) is 24.8. The third kappa shape index (κ3) is 7.12. The van der Waals surface area contributed by atoms with Gasteiger partial charge in [-0.15, -0.1) is 11.8 Å². The predicted molar refractivity (Wildman–Crippen MR) is 168 cm³/mol. The molecule has 43 heavy (non-hydrogen) atoms. The SMILES string of the molecule is CCSC1OC(COC(c2ccccc2)(c2ccccc2)c2ccccc2)C(O)C(O)C1NC(=O)OCc1ccccc1. The molecule has 0 spiro atoms. The Hall–Kier alpha value is -3.66. The number of carbonyl (C=O) groups is 1. The molecule has 0 radical (unpaired) electrons. The van der Waals surface area contributed by atoms with Crippen molar-refractivity contribution >= 4 is 17.9 Å². The molecule has 1 heterocycles. The number of aliphatic hydroxyl groups excluding tert-OH is 2. The first-order chi connectivity index (χ1) is 21.0. The average Bonchev–Trinajstić information content (AvgIpc) is 3.06. The third-order valence-corrected chi connectivity index (χ3v) is 8.60. The van der Waals surface area contributed by atoms with Gasteiger partial charge in [-0.3, -0.25) is 0 Å². The van der Waals surface area contributed by atoms with Gasteiger partial charge in [0.25, 0.3) is 0 Å². The molecule has 224 valence electrons. The first-order valence-electron chi connectivity index (χ1n) is 14.4. The third-order valence-electron chi connectivity index (χ3n) is 7.53. The van der Waals surface area contributed by atoms with E-state index in [0.717, 1.165) is 22.3 Å². The Bertz CT molecular complexity index is 1310. The lowest BCUT2D eigenvalue weighted by molar-refractivity contribution is -0.186. The molecular weight excluding hydrogens is 562 g/mol. The Morgan fingerprint density at radius 3 is 1.77 bits per heavy atom. The molecule has 1 amide bonds. The molecule has 5 unspecified atom stereocenters. The van der Waals surface area contributed by atoms with Crippen molar-refractivity contribution in [2.45, 2.75) is 48.9 Å². The maximum absolute atomic E-state index is 12.7. The number of nitrogens with one attached hydrogen (secondary N) is 1. The van der Waals surface area contributed by atoms with E-state index in [1.807, 2.05) is 128 Å². The maximum Gasteiger partial charge on any atom is 0.407 e. The Morgan fingerprint density at radius 2 is 1.28 bits per heavy atom. The van der Waals surface area contributed by atoms with Crippen LogP contribution < -0.4 is 5.32 Å². The quantitative estimate of drug-likeness (QED) is 0.196. The molecule has 4 aromatic rings. The van der Waals surface area contributed by atoms with Crippen LogP contribution in [0.25, 0.3) is 0 Å². The van der Waals surface area contributed by atoms with Gasteiger partial charge < -0.3 is 29.7 Å². The number of aliphatic hydroxyl groups is 2. The summed E-state index contributed by atoms with van der Waals surface area (Å²) in [6, 6.07) is 38.2. The van der Waals surface area contributed by atoms with E-state index < -0.39 is 41.5 Å². The molecule has 0 saturated carbocycles. The van der Waals surface area contributed by atoms with Crippen LogP contribution in [0.5, 0.6) is 0 Å². The van der Waals surface area contributed by atoms with Gasteiger partial charge in [-0.2, -0.15) is 0 Å². The van der Waals surface area contributed by atoms with Crippen molar-refractivity contribution in [1.29, 1.82) is 0 Å². The van der Waals surface area contributed by atoms with Crippen LogP contribution in [0.15, 0.2) is 121 Å². The first kappa shape index (κ1) is 30.8. The Kier molecular flexibility index (Phi) is 10.5. The van der Waals surface area contributed by atoms with Crippen molar-refractivity contribution in [3.63, 3.8) is 0 Å². The maximum atomic E-state index is 12.7. The topological polar surface area (TPSA) is 97.3 Å². The number of rotatable bonds is 11. The second-order valence-electron chi connectivity index (χ2n) is 10.3. The van der Waals surface area contributed by atoms with Crippen molar-refractivity contribution in [1.82, 2.24) is 5.32 Å². The molecule has 7 nitrogen and oxygen atoms in total. The van der Waals surface area contributed by atoms with Crippen LogP contribution in [0.1, 0.15) is 29.2 Å². The molecule has 0 bridgehead atoms. The molecule has 0 aliphatic carbocycles. The van der Waals surface area contributed by atoms with Crippen LogP contribution in [0.3, 0.4) is 0 Å². The van der Waals surface area contributed by atoms with Gasteiger partial charge in [-0.05, 0) is 28.0 Å². The van der Waals surface area contributed by atoms with Gasteiger partial charge in [0.2, 0.25) is 0 Å². The summed E-state index contributed by atoms with van der Waals surface area (Å²) in [5.41, 5.74) is 1.94. The molecule has 4 aromatic carbocycles. The van der Waals surface area contributed by atoms with Crippen LogP contribution >= 0.6 is 11.8 Å². The zero-order valence-electron chi connectivity index (χ0n) is 24.0. The van der Waals surface area contributed by atoms with Crippen molar-refractivity contribution in [2.75, 3.05) is 12.4 Å². The van der Waals surface area contributed by atoms with Gasteiger partial charge in [-0.1, -0.05) is 128 Å². The second-order valence-corrected chi connectivity index (χ2v) is 11.7. The summed E-state index contributed by atoms with van der Waals surface area (Å²) >= 11 is 1.43. The number of hydrogen-bond donors (Lipinski definition) is 3. The normalized spacial score (nSPS) is 22.1. The standard InChI is InChI=1S/C35H37NO6S/c1-2-43-33-30(36-34(39)40-23-25-15-7-3-8-16-25)32(38)31(37)29(42-33)24-41-35(26-17-9-4-10-18-26,27-19-11-5-12-20-27)28-21-13-6-14-22-28/h3-22,29-33,37-38H,2,23-24H2,1H3,(H,36,39). The lowest BCUT2D eigenvalue weighted by atomic mass is 9.80. The number of thioether (sulfide) groups is 1. The Balaban J connectivity index is 1.37. The summed E-state index contributed by atoms with van der Waals surface area (Å²) in [5.74, 6) is 0.667. The van der Waals surface area contributed by atoms with E-state index >= 15 is 0 Å². The largest absolute Gasteiger partial charge is 0.445 e. The van der Waals surface area contributed by atoms with Crippen molar-refractivity contribution in [2.24, 2.45) is 0 Å². The number of hydrogen-bond acceptors (Lipinski definition) is 7. The van der Waals surface area contributed by atoms with Gasteiger partial charge in [0.15, 0.2) is 0 Å². The highest BCUT2D eigenvalue weighted by Gasteiger charge is 2.47. The number of ether oxygens (including phenoxy) is 3. The molecule has 3 N–H and O–H groups in total. The van der Waals surface area contributed by atoms with E-state index in [0.29, 0.717) is 5.75 Å². The second kappa shape index (κ2) is 14.7. The summed E-state index contributed by atoms with van der Waals surface area (Å²) in [6.45, 7) is 2.03. The summed E-state index contributed by atoms with van der Waals surface area (Å²) in [6.07, 6.45) is -4.20. The van der Waals surface area contributed by atoms with Crippen LogP contribution in [0.2, 0.25) is 0 Å². The summed E-state index contributed by atoms with van der Waals surface area (Å²) in [4.78, 5) is 12.7. The number of amides is 1. The number of alkyl carbamates (subject to hydrolysis) is 1. The van der Waals surface area contributed by atoms with Crippen LogP contribution in [0.4, 0.5) is 4.79 Å². The molecule has 1 fully saturated rings. The fourth-order valence-electron chi connectivity index (χ4n) is 5.41. The van der Waals surface area contributed by atoms with E-state index in [2.05, 4.69) is 5.32 Å². The Morgan fingerprint density at radius 1 is 0.791 bits per heavy atom. The molecule has 5 rings (SSSR count). The van der Waals surface area contributed by atoms with Gasteiger partial charge in [0, 0.05) is 0 Å². The number of carbonyl (C=O) groups excluding carboxylic acids is 1. The Labute approximate surface area is 256 Å². The molecule has 1 aliphatic heterocycles. The summed E-state index contributed by atoms with van der Waals surface area (Å²) in [5, 5.41) is 25.2. The van der Waals surface area contributed by atoms with Crippen molar-refractivity contribution in [3.8, 4) is 0 Å². The van der Waals surface area contributed by atoms with Crippen LogP contribution in [-0.4, -0.2) is 58.5 Å². The van der Waals surface area contributed by atoms with Gasteiger partial charge in [0.05, 0.1) is 12.6 Å². The van der Waals surface area contributed by atoms with Gasteiger partial charge >= 0.3 is 6.09 Å². The van der Waals surface area contributed by atoms with E-state index in [1.165, 1.54) is 11.8 Å². The van der Waals surface area contributed by atoms with Crippen LogP contribution in [0, 0.1) is 0 Å². The molecule has 1 saturated heterocycles. The van der Waals surface area contributed by atoms with Crippen molar-refractivity contribution < 1.29 is 29.2 Å². The first-order valence-corrected chi connectivity index (χ1v) is 15.5.